The molecule has 48 heavy (non-hydrogen) atoms. The van der Waals surface area contributed by atoms with Crippen LogP contribution in [0.4, 0.5) is 19.5 Å². The van der Waals surface area contributed by atoms with Gasteiger partial charge in [0.1, 0.15) is 11.7 Å². The van der Waals surface area contributed by atoms with E-state index in [1.54, 1.807) is 29.2 Å². The van der Waals surface area contributed by atoms with Gasteiger partial charge in [-0.05, 0) is 83.1 Å². The summed E-state index contributed by atoms with van der Waals surface area (Å²) < 4.78 is 41.5. The molecule has 0 aliphatic carbocycles. The third kappa shape index (κ3) is 7.73. The fourth-order valence-electron chi connectivity index (χ4n) is 6.43. The molecule has 6 rings (SSSR count). The number of hydrogen-bond acceptors (Lipinski definition) is 9. The van der Waals surface area contributed by atoms with E-state index in [0.29, 0.717) is 62.0 Å². The van der Waals surface area contributed by atoms with Crippen LogP contribution in [0.15, 0.2) is 48.5 Å². The van der Waals surface area contributed by atoms with E-state index in [2.05, 4.69) is 57.6 Å². The number of likely N-dealkylation sites (tertiary alicyclic amines) is 1. The first-order valence-corrected chi connectivity index (χ1v) is 16.5. The number of rotatable bonds is 8. The molecule has 256 valence electrons. The average Bonchev–Trinajstić information content (AvgIpc) is 3.44. The van der Waals surface area contributed by atoms with Gasteiger partial charge < -0.3 is 25.0 Å². The first-order valence-electron chi connectivity index (χ1n) is 16.5. The molecular weight excluding hydrogens is 618 g/mol. The van der Waals surface area contributed by atoms with Crippen LogP contribution in [0, 0.1) is 0 Å². The van der Waals surface area contributed by atoms with Gasteiger partial charge in [0.05, 0.1) is 17.6 Å². The number of amides is 1. The van der Waals surface area contributed by atoms with Crippen molar-refractivity contribution in [3.63, 3.8) is 0 Å². The van der Waals surface area contributed by atoms with E-state index in [4.69, 9.17) is 14.5 Å². The van der Waals surface area contributed by atoms with Gasteiger partial charge in [-0.2, -0.15) is 15.0 Å². The van der Waals surface area contributed by atoms with E-state index in [1.807, 2.05) is 26.8 Å². The molecule has 13 heteroatoms. The van der Waals surface area contributed by atoms with Gasteiger partial charge in [0.2, 0.25) is 11.9 Å². The number of alkyl halides is 2. The van der Waals surface area contributed by atoms with Crippen molar-refractivity contribution < 1.29 is 23.0 Å². The Morgan fingerprint density at radius 2 is 1.75 bits per heavy atom. The molecule has 0 bridgehead atoms. The number of para-hydroxylation sites is 2. The molecule has 2 aromatic heterocycles. The van der Waals surface area contributed by atoms with Crippen molar-refractivity contribution in [2.24, 2.45) is 0 Å². The van der Waals surface area contributed by atoms with Crippen LogP contribution in [0.25, 0.3) is 17.0 Å². The number of morpholine rings is 1. The van der Waals surface area contributed by atoms with Gasteiger partial charge in [0.25, 0.3) is 6.43 Å². The van der Waals surface area contributed by atoms with Crippen LogP contribution in [0.5, 0.6) is 0 Å². The van der Waals surface area contributed by atoms with Crippen molar-refractivity contribution in [3.8, 4) is 5.95 Å². The summed E-state index contributed by atoms with van der Waals surface area (Å²) in [5.74, 6) is 0.516. The van der Waals surface area contributed by atoms with Crippen molar-refractivity contribution >= 4 is 23.1 Å². The minimum absolute atomic E-state index is 0.0496. The smallest absolute Gasteiger partial charge is 0.410 e. The highest BCUT2D eigenvalue weighted by Crippen LogP contribution is 2.34. The summed E-state index contributed by atoms with van der Waals surface area (Å²) in [6, 6.07) is 15.3. The van der Waals surface area contributed by atoms with Crippen molar-refractivity contribution in [1.82, 2.24) is 34.7 Å². The number of nitrogens with zero attached hydrogens (tertiary/aromatic N) is 6. The summed E-state index contributed by atoms with van der Waals surface area (Å²) in [6.45, 7) is 12.7. The summed E-state index contributed by atoms with van der Waals surface area (Å²) in [5.41, 5.74) is 2.26. The zero-order valence-electron chi connectivity index (χ0n) is 28.2. The minimum atomic E-state index is -2.84. The SMILES string of the molecule is CC(C)(Cc1ccccc1C1CCN(C(=O)OC(C)(C)C)CC1)Nc1nc(C2CNCCO2)nc(-n2c(C(F)F)nc3ccccc32)n1. The molecule has 1 atom stereocenters. The molecule has 0 saturated carbocycles. The summed E-state index contributed by atoms with van der Waals surface area (Å²) >= 11 is 0. The second-order valence-electron chi connectivity index (χ2n) is 14.1. The first-order chi connectivity index (χ1) is 22.9. The number of hydrogen-bond donors (Lipinski definition) is 2. The molecule has 4 heterocycles. The van der Waals surface area contributed by atoms with Gasteiger partial charge in [0, 0.05) is 31.7 Å². The number of fused-ring (bicyclic) bond motifs is 1. The molecule has 2 aliphatic rings. The molecular formula is C35H44F2N8O3. The Morgan fingerprint density at radius 3 is 2.46 bits per heavy atom. The lowest BCUT2D eigenvalue weighted by molar-refractivity contribution is 0.0204. The lowest BCUT2D eigenvalue weighted by atomic mass is 9.83. The maximum absolute atomic E-state index is 14.3. The molecule has 1 unspecified atom stereocenters. The summed E-state index contributed by atoms with van der Waals surface area (Å²) in [7, 11) is 0. The Labute approximate surface area is 279 Å². The standard InChI is InChI=1S/C35H44F2N8O3/c1-34(2,3)48-33(46)44-17-14-22(15-18-44)24-11-7-6-10-23(24)20-35(4,5)43-31-40-29(27-21-38-16-19-47-27)41-32(42-31)45-26-13-9-8-12-25(26)39-30(45)28(36)37/h6-13,22,27-28,38H,14-21H2,1-5H3,(H,40,41,42,43). The molecule has 2 fully saturated rings. The highest BCUT2D eigenvalue weighted by molar-refractivity contribution is 5.77. The molecule has 4 aromatic rings. The van der Waals surface area contributed by atoms with Crippen LogP contribution < -0.4 is 10.6 Å². The van der Waals surface area contributed by atoms with Crippen LogP contribution in [0.2, 0.25) is 0 Å². The third-order valence-electron chi connectivity index (χ3n) is 8.56. The van der Waals surface area contributed by atoms with Crippen molar-refractivity contribution in [1.29, 1.82) is 0 Å². The highest BCUT2D eigenvalue weighted by Gasteiger charge is 2.31. The predicted octanol–water partition coefficient (Wildman–Crippen LogP) is 6.36. The zero-order chi connectivity index (χ0) is 34.1. The first kappa shape index (κ1) is 33.7. The lowest BCUT2D eigenvalue weighted by Crippen LogP contribution is -2.41. The van der Waals surface area contributed by atoms with E-state index < -0.39 is 29.5 Å². The number of carbonyl (C=O) groups excluding carboxylic acids is 1. The fourth-order valence-corrected chi connectivity index (χ4v) is 6.43. The number of halogens is 2. The largest absolute Gasteiger partial charge is 0.444 e. The number of nitrogens with one attached hydrogen (secondary N) is 2. The fraction of sp³-hybridized carbons (Fsp3) is 0.514. The van der Waals surface area contributed by atoms with Gasteiger partial charge in [-0.3, -0.25) is 4.57 Å². The molecule has 1 amide bonds. The quantitative estimate of drug-likeness (QED) is 0.222. The van der Waals surface area contributed by atoms with E-state index in [9.17, 15) is 13.6 Å². The zero-order valence-corrected chi connectivity index (χ0v) is 28.2. The highest BCUT2D eigenvalue weighted by atomic mass is 19.3. The maximum atomic E-state index is 14.3. The van der Waals surface area contributed by atoms with E-state index in [-0.39, 0.29) is 18.0 Å². The Morgan fingerprint density at radius 1 is 1.02 bits per heavy atom. The number of piperidine rings is 1. The molecule has 2 N–H and O–H groups in total. The summed E-state index contributed by atoms with van der Waals surface area (Å²) in [4.78, 5) is 32.7. The van der Waals surface area contributed by atoms with Gasteiger partial charge in [-0.25, -0.2) is 18.6 Å². The van der Waals surface area contributed by atoms with Crippen LogP contribution in [0.1, 0.15) is 88.7 Å². The molecule has 11 nitrogen and oxygen atoms in total. The van der Waals surface area contributed by atoms with Crippen molar-refractivity contribution in [2.75, 3.05) is 38.1 Å². The Hall–Kier alpha value is -4.23. The summed E-state index contributed by atoms with van der Waals surface area (Å²) in [5, 5.41) is 6.78. The number of benzene rings is 2. The Bertz CT molecular complexity index is 1740. The average molecular weight is 663 g/mol. The molecule has 2 saturated heterocycles. The van der Waals surface area contributed by atoms with Gasteiger partial charge in [-0.15, -0.1) is 0 Å². The van der Waals surface area contributed by atoms with E-state index >= 15 is 0 Å². The number of imidazole rings is 1. The third-order valence-corrected chi connectivity index (χ3v) is 8.56. The van der Waals surface area contributed by atoms with Gasteiger partial charge >= 0.3 is 6.09 Å². The number of ether oxygens (including phenoxy) is 2. The van der Waals surface area contributed by atoms with Crippen LogP contribution >= 0.6 is 0 Å². The molecule has 2 aliphatic heterocycles. The Kier molecular flexibility index (Phi) is 9.62. The van der Waals surface area contributed by atoms with Gasteiger partial charge in [-0.1, -0.05) is 36.4 Å². The van der Waals surface area contributed by atoms with E-state index in [1.165, 1.54) is 15.7 Å². The molecule has 0 radical (unpaired) electrons. The maximum Gasteiger partial charge on any atom is 0.410 e. The van der Waals surface area contributed by atoms with E-state index in [0.717, 1.165) is 12.8 Å². The minimum Gasteiger partial charge on any atom is -0.444 e. The number of carbonyl (C=O) groups is 1. The molecule has 0 spiro atoms. The number of anilines is 1. The number of aromatic nitrogens is 5. The normalized spacial score (nSPS) is 18.0. The second-order valence-corrected chi connectivity index (χ2v) is 14.1. The van der Waals surface area contributed by atoms with Crippen LogP contribution in [-0.2, 0) is 15.9 Å². The lowest BCUT2D eigenvalue weighted by Gasteiger charge is -2.35. The van der Waals surface area contributed by atoms with Crippen molar-refractivity contribution in [3.05, 3.63) is 71.3 Å². The molecule has 2 aromatic carbocycles. The van der Waals surface area contributed by atoms with Crippen LogP contribution in [0.3, 0.4) is 0 Å². The predicted molar refractivity (Wildman–Crippen MR) is 179 cm³/mol. The van der Waals surface area contributed by atoms with Crippen molar-refractivity contribution in [2.45, 2.75) is 83.5 Å². The Balaban J connectivity index is 1.27. The van der Waals surface area contributed by atoms with Gasteiger partial charge in [0.15, 0.2) is 11.6 Å². The topological polar surface area (TPSA) is 119 Å². The monoisotopic (exact) mass is 662 g/mol. The second kappa shape index (κ2) is 13.7. The summed E-state index contributed by atoms with van der Waals surface area (Å²) in [6.07, 6.45) is -1.26. The van der Waals surface area contributed by atoms with Crippen LogP contribution in [-0.4, -0.2) is 79.4 Å².